The first kappa shape index (κ1) is 22.0. The van der Waals surface area contributed by atoms with Crippen LogP contribution in [0.4, 0.5) is 11.5 Å². The van der Waals surface area contributed by atoms with Gasteiger partial charge in [-0.15, -0.1) is 5.10 Å². The molecule has 1 saturated heterocycles. The lowest BCUT2D eigenvalue weighted by Gasteiger charge is -2.26. The van der Waals surface area contributed by atoms with Gasteiger partial charge in [0.15, 0.2) is 5.69 Å². The number of amides is 1. The second-order valence-electron chi connectivity index (χ2n) is 7.55. The number of nitrogens with two attached hydrogens (primary N) is 1. The summed E-state index contributed by atoms with van der Waals surface area (Å²) in [6.45, 7) is 3.86. The Kier molecular flexibility index (Phi) is 6.35. The lowest BCUT2D eigenvalue weighted by atomic mass is 10.1. The van der Waals surface area contributed by atoms with Crippen molar-refractivity contribution >= 4 is 23.1 Å². The average molecular weight is 454 g/mol. The largest absolute Gasteiger partial charge is 0.378 e. The molecule has 0 bridgehead atoms. The van der Waals surface area contributed by atoms with Gasteiger partial charge in [-0.3, -0.25) is 19.8 Å². The molecule has 3 aromatic rings. The normalized spacial score (nSPS) is 14.9. The molecule has 1 aromatic carbocycles. The minimum atomic E-state index is -0.565. The van der Waals surface area contributed by atoms with E-state index in [1.807, 2.05) is 0 Å². The van der Waals surface area contributed by atoms with Crippen LogP contribution < -0.4 is 11.2 Å². The van der Waals surface area contributed by atoms with Crippen LogP contribution in [-0.4, -0.2) is 59.8 Å². The third kappa shape index (κ3) is 4.85. The van der Waals surface area contributed by atoms with Crippen molar-refractivity contribution in [3.05, 3.63) is 51.3 Å². The van der Waals surface area contributed by atoms with Crippen LogP contribution in [0.25, 0.3) is 5.82 Å². The molecule has 1 fully saturated rings. The summed E-state index contributed by atoms with van der Waals surface area (Å²) in [5.41, 5.74) is 9.91. The zero-order valence-electron chi connectivity index (χ0n) is 17.8. The van der Waals surface area contributed by atoms with E-state index in [9.17, 15) is 14.9 Å². The Bertz CT molecular complexity index is 1180. The van der Waals surface area contributed by atoms with Crippen molar-refractivity contribution in [2.45, 2.75) is 32.7 Å². The summed E-state index contributed by atoms with van der Waals surface area (Å²) in [5, 5.41) is 30.3. The molecule has 0 saturated carbocycles. The van der Waals surface area contributed by atoms with E-state index < -0.39 is 10.8 Å². The Balaban J connectivity index is 1.57. The number of piperidine rings is 1. The lowest BCUT2D eigenvalue weighted by molar-refractivity contribution is -0.384. The van der Waals surface area contributed by atoms with Crippen molar-refractivity contribution < 1.29 is 14.3 Å². The maximum Gasteiger partial charge on any atom is 0.293 e. The summed E-state index contributed by atoms with van der Waals surface area (Å²) in [7, 11) is 0. The third-order valence-electron chi connectivity index (χ3n) is 5.32. The predicted molar refractivity (Wildman–Crippen MR) is 116 cm³/mol. The van der Waals surface area contributed by atoms with Crippen LogP contribution in [0.1, 0.15) is 47.9 Å². The highest BCUT2D eigenvalue weighted by Gasteiger charge is 2.26. The fourth-order valence-corrected chi connectivity index (χ4v) is 3.53. The molecule has 3 heterocycles. The zero-order valence-corrected chi connectivity index (χ0v) is 17.8. The number of hydrogen-bond acceptors (Lipinski definition) is 11. The van der Waals surface area contributed by atoms with E-state index >= 15 is 0 Å². The van der Waals surface area contributed by atoms with Gasteiger partial charge in [0.05, 0.1) is 16.3 Å². The summed E-state index contributed by atoms with van der Waals surface area (Å²) in [6.07, 6.45) is 3.29. The van der Waals surface area contributed by atoms with E-state index in [1.54, 1.807) is 19.1 Å². The fourth-order valence-electron chi connectivity index (χ4n) is 3.53. The highest BCUT2D eigenvalue weighted by Crippen LogP contribution is 2.20. The summed E-state index contributed by atoms with van der Waals surface area (Å²) in [6, 6.07) is 5.85. The Morgan fingerprint density at radius 2 is 1.97 bits per heavy atom. The number of nitrogen functional groups attached to an aromatic ring is 1. The van der Waals surface area contributed by atoms with E-state index in [2.05, 4.69) is 40.7 Å². The van der Waals surface area contributed by atoms with E-state index in [0.29, 0.717) is 23.5 Å². The average Bonchev–Trinajstić information content (AvgIpc) is 3.43. The van der Waals surface area contributed by atoms with Crippen molar-refractivity contribution in [1.82, 2.24) is 35.6 Å². The summed E-state index contributed by atoms with van der Waals surface area (Å²) in [4.78, 5) is 25.5. The van der Waals surface area contributed by atoms with Crippen molar-refractivity contribution in [1.29, 1.82) is 0 Å². The molecule has 0 aliphatic carbocycles. The van der Waals surface area contributed by atoms with E-state index in [1.165, 1.54) is 16.8 Å². The smallest absolute Gasteiger partial charge is 0.293 e. The van der Waals surface area contributed by atoms with Crippen LogP contribution in [0, 0.1) is 10.1 Å². The summed E-state index contributed by atoms with van der Waals surface area (Å²) >= 11 is 0. The number of non-ortho nitro benzene ring substituents is 1. The standard InChI is InChI=1S/C19H22N10O4/c1-12(13-5-7-14(8-6-13)29(31)32)21-23-19(30)16-15(11-27-9-3-2-4-10-27)28(26-22-16)18-17(20)24-33-25-18/h5-8H,2-4,9-11H2,1H3,(H2,20,24)(H,23,30)/b21-12+. The molecule has 0 unspecified atom stereocenters. The number of nitro groups is 1. The van der Waals surface area contributed by atoms with Gasteiger partial charge in [0, 0.05) is 18.7 Å². The van der Waals surface area contributed by atoms with E-state index in [-0.39, 0.29) is 23.0 Å². The molecule has 3 N–H and O–H groups in total. The number of carbonyl (C=O) groups is 1. The Morgan fingerprint density at radius 3 is 2.61 bits per heavy atom. The maximum atomic E-state index is 12.9. The number of aromatic nitrogens is 5. The van der Waals surface area contributed by atoms with Gasteiger partial charge in [-0.1, -0.05) is 11.6 Å². The molecule has 14 heteroatoms. The van der Waals surface area contributed by atoms with Gasteiger partial charge in [-0.2, -0.15) is 9.78 Å². The second-order valence-corrected chi connectivity index (χ2v) is 7.55. The highest BCUT2D eigenvalue weighted by molar-refractivity contribution is 6.00. The number of nitro benzene ring substituents is 1. The summed E-state index contributed by atoms with van der Waals surface area (Å²) in [5.74, 6) is -0.387. The number of carbonyl (C=O) groups excluding carboxylic acids is 1. The number of likely N-dealkylation sites (tertiary alicyclic amines) is 1. The van der Waals surface area contributed by atoms with E-state index in [0.717, 1.165) is 32.4 Å². The number of nitrogens with one attached hydrogen (secondary N) is 1. The topological polar surface area (TPSA) is 183 Å². The molecule has 4 rings (SSSR count). The van der Waals surface area contributed by atoms with Gasteiger partial charge in [0.25, 0.3) is 11.6 Å². The Morgan fingerprint density at radius 1 is 1.24 bits per heavy atom. The first-order valence-corrected chi connectivity index (χ1v) is 10.3. The molecule has 2 aromatic heterocycles. The van der Waals surface area contributed by atoms with Crippen LogP contribution in [-0.2, 0) is 6.54 Å². The van der Waals surface area contributed by atoms with Gasteiger partial charge in [-0.25, -0.2) is 10.1 Å². The molecule has 14 nitrogen and oxygen atoms in total. The minimum Gasteiger partial charge on any atom is -0.378 e. The molecular formula is C19H22N10O4. The Hall–Kier alpha value is -4.20. The molecule has 1 amide bonds. The number of nitrogens with zero attached hydrogens (tertiary/aromatic N) is 8. The number of anilines is 1. The number of hydrogen-bond donors (Lipinski definition) is 2. The molecule has 0 radical (unpaired) electrons. The van der Waals surface area contributed by atoms with Crippen LogP contribution in [0.15, 0.2) is 34.0 Å². The molecule has 0 spiro atoms. The first-order valence-electron chi connectivity index (χ1n) is 10.3. The monoisotopic (exact) mass is 454 g/mol. The van der Waals surface area contributed by atoms with E-state index in [4.69, 9.17) is 5.73 Å². The molecule has 1 aliphatic heterocycles. The van der Waals surface area contributed by atoms with Gasteiger partial charge in [0.2, 0.25) is 11.6 Å². The van der Waals surface area contributed by atoms with Crippen LogP contribution >= 0.6 is 0 Å². The minimum absolute atomic E-state index is 0.0267. The number of rotatable bonds is 7. The highest BCUT2D eigenvalue weighted by atomic mass is 16.6. The van der Waals surface area contributed by atoms with Crippen LogP contribution in [0.2, 0.25) is 0 Å². The third-order valence-corrected chi connectivity index (χ3v) is 5.32. The van der Waals surface area contributed by atoms with Gasteiger partial charge in [-0.05, 0) is 60.9 Å². The molecule has 33 heavy (non-hydrogen) atoms. The molecule has 172 valence electrons. The first-order chi connectivity index (χ1) is 15.9. The van der Waals surface area contributed by atoms with Crippen molar-refractivity contribution in [2.75, 3.05) is 18.8 Å². The maximum absolute atomic E-state index is 12.9. The van der Waals surface area contributed by atoms with Crippen molar-refractivity contribution in [3.8, 4) is 5.82 Å². The molecular weight excluding hydrogens is 432 g/mol. The fraction of sp³-hybridized carbons (Fsp3) is 0.368. The van der Waals surface area contributed by atoms with Gasteiger partial charge >= 0.3 is 0 Å². The molecule has 1 aliphatic rings. The predicted octanol–water partition coefficient (Wildman–Crippen LogP) is 1.28. The summed E-state index contributed by atoms with van der Waals surface area (Å²) < 4.78 is 6.02. The second kappa shape index (κ2) is 9.52. The number of benzene rings is 1. The quantitative estimate of drug-likeness (QED) is 0.299. The zero-order chi connectivity index (χ0) is 23.4. The van der Waals surface area contributed by atoms with Gasteiger partial charge < -0.3 is 5.73 Å². The van der Waals surface area contributed by atoms with Crippen molar-refractivity contribution in [3.63, 3.8) is 0 Å². The SMILES string of the molecule is C/C(=N\NC(=O)c1nnn(-c2nonc2N)c1CN1CCCCC1)c1ccc([N+](=O)[O-])cc1. The molecule has 0 atom stereocenters. The van der Waals surface area contributed by atoms with Crippen molar-refractivity contribution in [2.24, 2.45) is 5.10 Å². The lowest BCUT2D eigenvalue weighted by Crippen LogP contribution is -2.31. The van der Waals surface area contributed by atoms with Gasteiger partial charge in [0.1, 0.15) is 0 Å². The Labute approximate surface area is 187 Å². The van der Waals surface area contributed by atoms with Crippen LogP contribution in [0.3, 0.4) is 0 Å². The van der Waals surface area contributed by atoms with Crippen LogP contribution in [0.5, 0.6) is 0 Å². The number of hydrazone groups is 1.